The minimum absolute atomic E-state index is 0.0818. The van der Waals surface area contributed by atoms with Crippen molar-refractivity contribution in [3.05, 3.63) is 23.8 Å². The van der Waals surface area contributed by atoms with Gasteiger partial charge in [-0.25, -0.2) is 0 Å². The SMILES string of the molecule is C=C1C[C@H]2[C@@H]3CCC4=CC(=O)CC[C@@H]4[C@H]3CC[C@]2(C)[C@H]1C(C)=O. The normalized spacial score (nSPS) is 45.8. The number of fused-ring (bicyclic) bond motifs is 5. The fourth-order valence-corrected chi connectivity index (χ4v) is 6.89. The van der Waals surface area contributed by atoms with Crippen molar-refractivity contribution in [2.24, 2.45) is 35.0 Å². The van der Waals surface area contributed by atoms with Crippen molar-refractivity contribution >= 4 is 11.6 Å². The van der Waals surface area contributed by atoms with Crippen molar-refractivity contribution < 1.29 is 9.59 Å². The summed E-state index contributed by atoms with van der Waals surface area (Å²) in [5.74, 6) is 3.46. The van der Waals surface area contributed by atoms with Crippen LogP contribution >= 0.6 is 0 Å². The second-order valence-corrected chi connectivity index (χ2v) is 8.75. The van der Waals surface area contributed by atoms with Crippen LogP contribution in [0.25, 0.3) is 0 Å². The summed E-state index contributed by atoms with van der Waals surface area (Å²) in [6.07, 6.45) is 9.50. The summed E-state index contributed by atoms with van der Waals surface area (Å²) in [6.45, 7) is 8.39. The lowest BCUT2D eigenvalue weighted by molar-refractivity contribution is -0.126. The largest absolute Gasteiger partial charge is 0.299 e. The van der Waals surface area contributed by atoms with Gasteiger partial charge in [0.25, 0.3) is 0 Å². The summed E-state index contributed by atoms with van der Waals surface area (Å²) in [6, 6.07) is 0. The van der Waals surface area contributed by atoms with Gasteiger partial charge in [-0.1, -0.05) is 24.6 Å². The van der Waals surface area contributed by atoms with Gasteiger partial charge in [-0.15, -0.1) is 0 Å². The van der Waals surface area contributed by atoms with Gasteiger partial charge >= 0.3 is 0 Å². The molecule has 0 bridgehead atoms. The Hall–Kier alpha value is -1.18. The van der Waals surface area contributed by atoms with Crippen LogP contribution in [0.3, 0.4) is 0 Å². The molecular formula is C21H28O2. The van der Waals surface area contributed by atoms with Crippen LogP contribution in [0, 0.1) is 35.0 Å². The monoisotopic (exact) mass is 312 g/mol. The highest BCUT2D eigenvalue weighted by molar-refractivity contribution is 5.91. The minimum Gasteiger partial charge on any atom is -0.299 e. The second-order valence-electron chi connectivity index (χ2n) is 8.75. The molecule has 4 rings (SSSR count). The fourth-order valence-electron chi connectivity index (χ4n) is 6.89. The Bertz CT molecular complexity index is 613. The van der Waals surface area contributed by atoms with Gasteiger partial charge in [0.2, 0.25) is 0 Å². The molecular weight excluding hydrogens is 284 g/mol. The van der Waals surface area contributed by atoms with Crippen LogP contribution in [0.2, 0.25) is 0 Å². The van der Waals surface area contributed by atoms with E-state index in [-0.39, 0.29) is 11.3 Å². The van der Waals surface area contributed by atoms with E-state index in [0.29, 0.717) is 23.4 Å². The third-order valence-corrected chi connectivity index (χ3v) is 7.69. The van der Waals surface area contributed by atoms with Crippen LogP contribution in [0.5, 0.6) is 0 Å². The zero-order valence-electron chi connectivity index (χ0n) is 14.4. The molecule has 0 radical (unpaired) electrons. The quantitative estimate of drug-likeness (QED) is 0.668. The maximum absolute atomic E-state index is 12.2. The highest BCUT2D eigenvalue weighted by Crippen LogP contribution is 2.64. The first-order chi connectivity index (χ1) is 10.9. The van der Waals surface area contributed by atoms with Crippen molar-refractivity contribution in [1.82, 2.24) is 0 Å². The Labute approximate surface area is 139 Å². The van der Waals surface area contributed by atoms with Crippen molar-refractivity contribution in [2.75, 3.05) is 0 Å². The number of rotatable bonds is 1. The molecule has 3 fully saturated rings. The molecule has 0 aromatic heterocycles. The molecule has 0 unspecified atom stereocenters. The molecule has 2 heteroatoms. The van der Waals surface area contributed by atoms with Crippen LogP contribution in [0.4, 0.5) is 0 Å². The zero-order chi connectivity index (χ0) is 16.4. The van der Waals surface area contributed by atoms with Gasteiger partial charge in [0.05, 0.1) is 0 Å². The Balaban J connectivity index is 1.65. The molecule has 0 heterocycles. The summed E-state index contributed by atoms with van der Waals surface area (Å²) in [5.41, 5.74) is 2.76. The summed E-state index contributed by atoms with van der Waals surface area (Å²) in [4.78, 5) is 24.0. The van der Waals surface area contributed by atoms with Gasteiger partial charge in [-0.3, -0.25) is 9.59 Å². The Morgan fingerprint density at radius 3 is 2.74 bits per heavy atom. The molecule has 0 N–H and O–H groups in total. The Kier molecular flexibility index (Phi) is 3.44. The molecule has 6 atom stereocenters. The van der Waals surface area contributed by atoms with E-state index in [1.54, 1.807) is 6.92 Å². The van der Waals surface area contributed by atoms with E-state index in [1.807, 2.05) is 6.08 Å². The average molecular weight is 312 g/mol. The van der Waals surface area contributed by atoms with Crippen molar-refractivity contribution in [2.45, 2.75) is 58.8 Å². The van der Waals surface area contributed by atoms with E-state index in [2.05, 4.69) is 13.5 Å². The first-order valence-electron chi connectivity index (χ1n) is 9.33. The van der Waals surface area contributed by atoms with Gasteiger partial charge in [0.15, 0.2) is 5.78 Å². The van der Waals surface area contributed by atoms with E-state index in [1.165, 1.54) is 24.0 Å². The highest BCUT2D eigenvalue weighted by atomic mass is 16.1. The van der Waals surface area contributed by atoms with Gasteiger partial charge in [-0.05, 0) is 80.6 Å². The first-order valence-corrected chi connectivity index (χ1v) is 9.33. The molecule has 3 saturated carbocycles. The van der Waals surface area contributed by atoms with Crippen molar-refractivity contribution in [1.29, 1.82) is 0 Å². The van der Waals surface area contributed by atoms with Crippen molar-refractivity contribution in [3.8, 4) is 0 Å². The molecule has 0 aromatic rings. The third-order valence-electron chi connectivity index (χ3n) is 7.69. The van der Waals surface area contributed by atoms with Gasteiger partial charge in [0, 0.05) is 12.3 Å². The van der Waals surface area contributed by atoms with E-state index in [9.17, 15) is 9.59 Å². The average Bonchev–Trinajstić information content (AvgIpc) is 2.77. The lowest BCUT2D eigenvalue weighted by Crippen LogP contribution is -2.47. The van der Waals surface area contributed by atoms with Gasteiger partial charge in [-0.2, -0.15) is 0 Å². The number of carbonyl (C=O) groups excluding carboxylic acids is 2. The molecule has 0 spiro atoms. The van der Waals surface area contributed by atoms with Gasteiger partial charge < -0.3 is 0 Å². The molecule has 4 aliphatic rings. The number of ketones is 2. The number of Topliss-reactive ketones (excluding diaryl/α,β-unsaturated/α-hetero) is 1. The first kappa shape index (κ1) is 15.4. The molecule has 0 amide bonds. The summed E-state index contributed by atoms with van der Waals surface area (Å²) < 4.78 is 0. The standard InChI is InChI=1S/C21H28O2/c1-12-10-19-18-6-4-14-11-15(23)5-7-16(14)17(18)8-9-21(19,3)20(12)13(2)22/h11,16-20H,1,4-10H2,2-3H3/t16-,17+,18+,19-,20+,21-/m0/s1. The Morgan fingerprint density at radius 1 is 1.22 bits per heavy atom. The summed E-state index contributed by atoms with van der Waals surface area (Å²) in [7, 11) is 0. The highest BCUT2D eigenvalue weighted by Gasteiger charge is 2.58. The molecule has 0 aromatic carbocycles. The molecule has 124 valence electrons. The van der Waals surface area contributed by atoms with Crippen LogP contribution in [0.1, 0.15) is 58.8 Å². The maximum atomic E-state index is 12.2. The molecule has 2 nitrogen and oxygen atoms in total. The topological polar surface area (TPSA) is 34.1 Å². The summed E-state index contributed by atoms with van der Waals surface area (Å²) >= 11 is 0. The molecule has 4 aliphatic carbocycles. The van der Waals surface area contributed by atoms with E-state index >= 15 is 0 Å². The third kappa shape index (κ3) is 2.13. The number of carbonyl (C=O) groups is 2. The number of hydrogen-bond acceptors (Lipinski definition) is 2. The maximum Gasteiger partial charge on any atom is 0.155 e. The Morgan fingerprint density at radius 2 is 2.00 bits per heavy atom. The second kappa shape index (κ2) is 5.16. The lowest BCUT2D eigenvalue weighted by atomic mass is 9.51. The zero-order valence-corrected chi connectivity index (χ0v) is 14.4. The number of allylic oxidation sites excluding steroid dienone is 2. The van der Waals surface area contributed by atoms with Crippen LogP contribution in [0.15, 0.2) is 23.8 Å². The summed E-state index contributed by atoms with van der Waals surface area (Å²) in [5, 5.41) is 0. The fraction of sp³-hybridized carbons (Fsp3) is 0.714. The predicted molar refractivity (Wildman–Crippen MR) is 90.8 cm³/mol. The van der Waals surface area contributed by atoms with Gasteiger partial charge in [0.1, 0.15) is 5.78 Å². The van der Waals surface area contributed by atoms with Crippen LogP contribution in [-0.4, -0.2) is 11.6 Å². The van der Waals surface area contributed by atoms with Crippen LogP contribution < -0.4 is 0 Å². The van der Waals surface area contributed by atoms with E-state index in [4.69, 9.17) is 0 Å². The van der Waals surface area contributed by atoms with E-state index in [0.717, 1.165) is 43.9 Å². The smallest absolute Gasteiger partial charge is 0.155 e. The minimum atomic E-state index is 0.0818. The molecule has 0 saturated heterocycles. The van der Waals surface area contributed by atoms with E-state index < -0.39 is 0 Å². The number of hydrogen-bond donors (Lipinski definition) is 0. The lowest BCUT2D eigenvalue weighted by Gasteiger charge is -2.53. The molecule has 0 aliphatic heterocycles. The van der Waals surface area contributed by atoms with Crippen molar-refractivity contribution in [3.63, 3.8) is 0 Å². The predicted octanol–water partition coefficient (Wildman–Crippen LogP) is 4.50. The van der Waals surface area contributed by atoms with Crippen LogP contribution in [-0.2, 0) is 9.59 Å². The molecule has 23 heavy (non-hydrogen) atoms.